The maximum atomic E-state index is 13.7. The van der Waals surface area contributed by atoms with Gasteiger partial charge in [-0.1, -0.05) is 46.3 Å². The van der Waals surface area contributed by atoms with Crippen LogP contribution in [0.15, 0.2) is 83.3 Å². The summed E-state index contributed by atoms with van der Waals surface area (Å²) in [6.07, 6.45) is -1.00. The highest BCUT2D eigenvalue weighted by Crippen LogP contribution is 2.55. The highest BCUT2D eigenvalue weighted by Gasteiger charge is 2.68. The van der Waals surface area contributed by atoms with Gasteiger partial charge in [0.25, 0.3) is 5.91 Å². The molecule has 2 aliphatic heterocycles. The standard InChI is InChI=1S/C24H18BrFN2O3/c1-24-20(15-7-9-16(25)10-8-15)28(19-5-3-2-4-6-19)31-21(24)22(29)27(23(24)30)18-13-11-17(26)12-14-18/h2-14,20-21H,1H3. The Hall–Kier alpha value is -3.03. The van der Waals surface area contributed by atoms with Crippen LogP contribution in [0, 0.1) is 11.2 Å². The molecule has 3 atom stereocenters. The van der Waals surface area contributed by atoms with E-state index in [4.69, 9.17) is 4.84 Å². The lowest BCUT2D eigenvalue weighted by molar-refractivity contribution is -0.128. The fraction of sp³-hybridized carbons (Fsp3) is 0.167. The van der Waals surface area contributed by atoms with E-state index in [1.165, 1.54) is 24.3 Å². The Labute approximate surface area is 187 Å². The summed E-state index contributed by atoms with van der Waals surface area (Å²) >= 11 is 3.45. The third-order valence-electron chi connectivity index (χ3n) is 5.96. The van der Waals surface area contributed by atoms with Gasteiger partial charge in [0.05, 0.1) is 17.4 Å². The van der Waals surface area contributed by atoms with Gasteiger partial charge in [0, 0.05) is 4.47 Å². The summed E-state index contributed by atoms with van der Waals surface area (Å²) in [5.41, 5.74) is 0.755. The monoisotopic (exact) mass is 480 g/mol. The van der Waals surface area contributed by atoms with Crippen LogP contribution in [0.3, 0.4) is 0 Å². The molecule has 0 bridgehead atoms. The molecule has 3 aromatic carbocycles. The van der Waals surface area contributed by atoms with Crippen molar-refractivity contribution in [2.45, 2.75) is 19.1 Å². The lowest BCUT2D eigenvalue weighted by Gasteiger charge is -2.32. The first kappa shape index (κ1) is 19.9. The second-order valence-corrected chi connectivity index (χ2v) is 8.75. The van der Waals surface area contributed by atoms with Crippen molar-refractivity contribution in [1.29, 1.82) is 0 Å². The summed E-state index contributed by atoms with van der Waals surface area (Å²) < 4.78 is 14.3. The first-order valence-electron chi connectivity index (χ1n) is 9.82. The van der Waals surface area contributed by atoms with Gasteiger partial charge in [-0.3, -0.25) is 14.4 Å². The Bertz CT molecular complexity index is 1150. The maximum Gasteiger partial charge on any atom is 0.266 e. The first-order valence-corrected chi connectivity index (χ1v) is 10.6. The molecule has 156 valence electrons. The molecule has 0 aliphatic carbocycles. The number of carbonyl (C=O) groups excluding carboxylic acids is 2. The number of halogens is 2. The highest BCUT2D eigenvalue weighted by molar-refractivity contribution is 9.10. The van der Waals surface area contributed by atoms with E-state index in [1.807, 2.05) is 54.6 Å². The Morgan fingerprint density at radius 2 is 1.55 bits per heavy atom. The van der Waals surface area contributed by atoms with Crippen LogP contribution in [-0.4, -0.2) is 17.9 Å². The van der Waals surface area contributed by atoms with Crippen molar-refractivity contribution >= 4 is 39.1 Å². The van der Waals surface area contributed by atoms with Crippen molar-refractivity contribution in [2.24, 2.45) is 5.41 Å². The van der Waals surface area contributed by atoms with Crippen molar-refractivity contribution < 1.29 is 18.8 Å². The number of benzene rings is 3. The van der Waals surface area contributed by atoms with E-state index in [-0.39, 0.29) is 5.91 Å². The van der Waals surface area contributed by atoms with E-state index in [0.717, 1.165) is 20.6 Å². The fourth-order valence-electron chi connectivity index (χ4n) is 4.41. The first-order chi connectivity index (χ1) is 14.9. The molecule has 31 heavy (non-hydrogen) atoms. The normalized spacial score (nSPS) is 25.3. The Morgan fingerprint density at radius 3 is 2.19 bits per heavy atom. The predicted octanol–water partition coefficient (Wildman–Crippen LogP) is 5.03. The van der Waals surface area contributed by atoms with Gasteiger partial charge in [0.15, 0.2) is 6.10 Å². The van der Waals surface area contributed by atoms with E-state index < -0.39 is 29.3 Å². The Balaban J connectivity index is 1.63. The number of fused-ring (bicyclic) bond motifs is 1. The van der Waals surface area contributed by atoms with Gasteiger partial charge in [0.2, 0.25) is 5.91 Å². The Kier molecular flexibility index (Phi) is 4.68. The van der Waals surface area contributed by atoms with Gasteiger partial charge in [-0.2, -0.15) is 0 Å². The lowest BCUT2D eigenvalue weighted by atomic mass is 9.76. The van der Waals surface area contributed by atoms with Gasteiger partial charge in [0.1, 0.15) is 11.2 Å². The summed E-state index contributed by atoms with van der Waals surface area (Å²) in [6.45, 7) is 1.76. The lowest BCUT2D eigenvalue weighted by Crippen LogP contribution is -2.41. The van der Waals surface area contributed by atoms with Crippen LogP contribution < -0.4 is 9.96 Å². The molecular formula is C24H18BrFN2O3. The number of amides is 2. The van der Waals surface area contributed by atoms with Crippen LogP contribution in [0.4, 0.5) is 15.8 Å². The minimum atomic E-state index is -1.17. The number of hydroxylamine groups is 1. The number of anilines is 2. The van der Waals surface area contributed by atoms with Crippen LogP contribution in [-0.2, 0) is 14.4 Å². The fourth-order valence-corrected chi connectivity index (χ4v) is 4.67. The zero-order valence-corrected chi connectivity index (χ0v) is 18.1. The molecule has 2 amide bonds. The molecule has 3 aromatic rings. The number of nitrogens with zero attached hydrogens (tertiary/aromatic N) is 2. The number of para-hydroxylation sites is 1. The van der Waals surface area contributed by atoms with Crippen LogP contribution in [0.2, 0.25) is 0 Å². The predicted molar refractivity (Wildman–Crippen MR) is 118 cm³/mol. The largest absolute Gasteiger partial charge is 0.273 e. The summed E-state index contributed by atoms with van der Waals surface area (Å²) in [5.74, 6) is -1.27. The van der Waals surface area contributed by atoms with Crippen molar-refractivity contribution in [2.75, 3.05) is 9.96 Å². The topological polar surface area (TPSA) is 49.9 Å². The van der Waals surface area contributed by atoms with Gasteiger partial charge < -0.3 is 0 Å². The number of rotatable bonds is 3. The summed E-state index contributed by atoms with van der Waals surface area (Å²) in [7, 11) is 0. The van der Waals surface area contributed by atoms with E-state index in [0.29, 0.717) is 5.69 Å². The summed E-state index contributed by atoms with van der Waals surface area (Å²) in [4.78, 5) is 34.4. The van der Waals surface area contributed by atoms with Gasteiger partial charge in [-0.25, -0.2) is 14.4 Å². The molecular weight excluding hydrogens is 463 g/mol. The molecule has 5 nitrogen and oxygen atoms in total. The van der Waals surface area contributed by atoms with E-state index in [1.54, 1.807) is 12.0 Å². The molecule has 0 aromatic heterocycles. The molecule has 2 aliphatic rings. The number of carbonyl (C=O) groups is 2. The molecule has 2 heterocycles. The molecule has 2 fully saturated rings. The molecule has 5 rings (SSSR count). The van der Waals surface area contributed by atoms with Gasteiger partial charge in [-0.15, -0.1) is 0 Å². The van der Waals surface area contributed by atoms with Crippen molar-refractivity contribution in [1.82, 2.24) is 0 Å². The van der Waals surface area contributed by atoms with Gasteiger partial charge in [-0.05, 0) is 61.0 Å². The molecule has 7 heteroatoms. The number of hydrogen-bond acceptors (Lipinski definition) is 4. The number of imide groups is 1. The molecule has 0 saturated carbocycles. The van der Waals surface area contributed by atoms with Crippen LogP contribution in [0.25, 0.3) is 0 Å². The second kappa shape index (κ2) is 7.28. The molecule has 0 spiro atoms. The number of hydrogen-bond donors (Lipinski definition) is 0. The van der Waals surface area contributed by atoms with E-state index >= 15 is 0 Å². The van der Waals surface area contributed by atoms with Crippen LogP contribution in [0.5, 0.6) is 0 Å². The highest BCUT2D eigenvalue weighted by atomic mass is 79.9. The zero-order valence-electron chi connectivity index (χ0n) is 16.5. The van der Waals surface area contributed by atoms with Crippen molar-refractivity contribution in [3.05, 3.63) is 94.7 Å². The molecule has 2 saturated heterocycles. The van der Waals surface area contributed by atoms with E-state index in [2.05, 4.69) is 15.9 Å². The average molecular weight is 481 g/mol. The maximum absolute atomic E-state index is 13.7. The third kappa shape index (κ3) is 2.99. The van der Waals surface area contributed by atoms with Crippen molar-refractivity contribution in [3.63, 3.8) is 0 Å². The molecule has 0 N–H and O–H groups in total. The van der Waals surface area contributed by atoms with Crippen molar-refractivity contribution in [3.8, 4) is 0 Å². The minimum absolute atomic E-state index is 0.330. The average Bonchev–Trinajstić information content (AvgIpc) is 3.19. The van der Waals surface area contributed by atoms with E-state index in [9.17, 15) is 14.0 Å². The van der Waals surface area contributed by atoms with Crippen LogP contribution >= 0.6 is 15.9 Å². The smallest absolute Gasteiger partial charge is 0.266 e. The summed E-state index contributed by atoms with van der Waals surface area (Å²) in [5, 5.41) is 1.66. The third-order valence-corrected chi connectivity index (χ3v) is 6.48. The minimum Gasteiger partial charge on any atom is -0.273 e. The molecule has 0 radical (unpaired) electrons. The van der Waals surface area contributed by atoms with Crippen LogP contribution in [0.1, 0.15) is 18.5 Å². The molecule has 3 unspecified atom stereocenters. The second-order valence-electron chi connectivity index (χ2n) is 7.84. The summed E-state index contributed by atoms with van der Waals surface area (Å²) in [6, 6.07) is 21.8. The Morgan fingerprint density at radius 1 is 0.903 bits per heavy atom. The SMILES string of the molecule is CC12C(=O)N(c3ccc(F)cc3)C(=O)C1ON(c1ccccc1)C2c1ccc(Br)cc1. The quantitative estimate of drug-likeness (QED) is 0.493. The van der Waals surface area contributed by atoms with Gasteiger partial charge >= 0.3 is 0 Å². The zero-order chi connectivity index (χ0) is 21.8.